The molecule has 0 rings (SSSR count). The van der Waals surface area contributed by atoms with Gasteiger partial charge in [-0.05, 0) is 0 Å². The van der Waals surface area contributed by atoms with Crippen molar-refractivity contribution in [3.05, 3.63) is 0 Å². The van der Waals surface area contributed by atoms with Gasteiger partial charge in [-0.15, -0.1) is 0 Å². The Bertz CT molecular complexity index is 7.61. The summed E-state index contributed by atoms with van der Waals surface area (Å²) in [5, 5.41) is 0. The third kappa shape index (κ3) is 20.1. The van der Waals surface area contributed by atoms with Crippen molar-refractivity contribution >= 4 is 23.3 Å². The first-order valence-electron chi connectivity index (χ1n) is 0.167. The van der Waals surface area contributed by atoms with Crippen LogP contribution < -0.4 is 0 Å². The first-order valence-corrected chi connectivity index (χ1v) is 1.50. The van der Waals surface area contributed by atoms with Crippen LogP contribution in [0, 0.1) is 0 Å². The molecular formula is Mo2PtS2-2. The third-order valence-corrected chi connectivity index (χ3v) is 0. The van der Waals surface area contributed by atoms with Gasteiger partial charge in [-0.2, -0.15) is 0 Å². The van der Waals surface area contributed by atoms with E-state index in [4.69, 9.17) is 0 Å². The number of hydrogen-bond acceptors (Lipinski definition) is 2. The SMILES string of the molecule is [Mo].[Mo].[Pt].[S-][S-]. The molecule has 0 saturated carbocycles. The predicted molar refractivity (Wildman–Crippen MR) is 14.7 cm³/mol. The summed E-state index contributed by atoms with van der Waals surface area (Å²) >= 11 is 7.33. The van der Waals surface area contributed by atoms with Crippen molar-refractivity contribution < 1.29 is 63.2 Å². The molecule has 0 aliphatic heterocycles. The van der Waals surface area contributed by atoms with Crippen molar-refractivity contribution in [2.24, 2.45) is 0 Å². The van der Waals surface area contributed by atoms with Gasteiger partial charge in [0, 0.05) is 63.2 Å². The maximum Gasteiger partial charge on any atom is 0 e. The molecule has 0 radical (unpaired) electrons. The maximum absolute atomic E-state index is 3.67. The fourth-order valence-electron chi connectivity index (χ4n) is 0. The van der Waals surface area contributed by atoms with Crippen LogP contribution in [-0.2, 0) is 86.5 Å². The van der Waals surface area contributed by atoms with Crippen LogP contribution in [0.2, 0.25) is 0 Å². The summed E-state index contributed by atoms with van der Waals surface area (Å²) in [6, 6.07) is 0. The minimum Gasteiger partial charge on any atom is -1.00 e. The minimum atomic E-state index is 0. The molecule has 0 saturated heterocycles. The number of rotatable bonds is 0. The average Bonchev–Trinajstić information content (AvgIpc) is 1.00. The van der Waals surface area contributed by atoms with Crippen LogP contribution in [-0.4, -0.2) is 0 Å². The minimum absolute atomic E-state index is 0. The average molecular weight is 451 g/mol. The van der Waals surface area contributed by atoms with Gasteiger partial charge in [0.25, 0.3) is 0 Å². The van der Waals surface area contributed by atoms with Crippen LogP contribution >= 0.6 is 0 Å². The van der Waals surface area contributed by atoms with E-state index in [9.17, 15) is 0 Å². The molecule has 0 nitrogen and oxygen atoms in total. The van der Waals surface area contributed by atoms with Gasteiger partial charge in [-0.25, -0.2) is 0 Å². The molecule has 0 fully saturated rings. The van der Waals surface area contributed by atoms with Gasteiger partial charge in [-0.1, -0.05) is 0 Å². The van der Waals surface area contributed by atoms with Gasteiger partial charge in [0.15, 0.2) is 0 Å². The second-order valence-corrected chi connectivity index (χ2v) is 0. The van der Waals surface area contributed by atoms with Crippen LogP contribution in [0.25, 0.3) is 0 Å². The van der Waals surface area contributed by atoms with E-state index in [0.29, 0.717) is 0 Å². The molecule has 0 spiro atoms. The molecule has 5 heavy (non-hydrogen) atoms. The van der Waals surface area contributed by atoms with Crippen LogP contribution in [0.4, 0.5) is 0 Å². The van der Waals surface area contributed by atoms with Gasteiger partial charge < -0.3 is 23.3 Å². The van der Waals surface area contributed by atoms with Crippen LogP contribution in [0.15, 0.2) is 0 Å². The van der Waals surface area contributed by atoms with E-state index in [0.717, 1.165) is 0 Å². The Labute approximate surface area is 85.2 Å². The fourth-order valence-corrected chi connectivity index (χ4v) is 0. The molecule has 0 atom stereocenters. The molecule has 0 N–H and O–H groups in total. The molecule has 5 heteroatoms. The van der Waals surface area contributed by atoms with E-state index in [1.807, 2.05) is 0 Å². The van der Waals surface area contributed by atoms with E-state index in [1.54, 1.807) is 0 Å². The van der Waals surface area contributed by atoms with Crippen LogP contribution in [0.1, 0.15) is 0 Å². The Balaban J connectivity index is -0.00000000167. The molecule has 36 valence electrons. The van der Waals surface area contributed by atoms with Crippen LogP contribution in [0.5, 0.6) is 0 Å². The van der Waals surface area contributed by atoms with Crippen molar-refractivity contribution in [1.82, 2.24) is 0 Å². The number of hydrogen-bond donors (Lipinski definition) is 0. The van der Waals surface area contributed by atoms with Gasteiger partial charge in [-0.3, -0.25) is 0 Å². The normalized spacial score (nSPS) is 1.20. The van der Waals surface area contributed by atoms with Crippen LogP contribution in [0.3, 0.4) is 0 Å². The van der Waals surface area contributed by atoms with E-state index in [1.165, 1.54) is 0 Å². The zero-order valence-electron chi connectivity index (χ0n) is 1.95. The topological polar surface area (TPSA) is 0 Å². The smallest absolute Gasteiger partial charge is 0 e. The zero-order chi connectivity index (χ0) is 2.00. The molecule has 0 amide bonds. The van der Waals surface area contributed by atoms with Crippen molar-refractivity contribution in [3.63, 3.8) is 0 Å². The van der Waals surface area contributed by atoms with Crippen molar-refractivity contribution in [3.8, 4) is 0 Å². The summed E-state index contributed by atoms with van der Waals surface area (Å²) < 4.78 is 0. The van der Waals surface area contributed by atoms with E-state index in [2.05, 4.69) is 23.3 Å². The summed E-state index contributed by atoms with van der Waals surface area (Å²) in [5.74, 6) is 0. The Morgan fingerprint density at radius 1 is 0.800 bits per heavy atom. The molecule has 0 aromatic rings. The molecule has 0 heterocycles. The fraction of sp³-hybridized carbons (Fsp3) is 0. The van der Waals surface area contributed by atoms with Crippen molar-refractivity contribution in [1.29, 1.82) is 0 Å². The Morgan fingerprint density at radius 2 is 0.800 bits per heavy atom. The predicted octanol–water partition coefficient (Wildman–Crippen LogP) is -0.0123. The second-order valence-electron chi connectivity index (χ2n) is 0. The third-order valence-electron chi connectivity index (χ3n) is 0. The van der Waals surface area contributed by atoms with E-state index in [-0.39, 0.29) is 63.2 Å². The first-order chi connectivity index (χ1) is 1.00. The largest absolute Gasteiger partial charge is 1.00 e. The summed E-state index contributed by atoms with van der Waals surface area (Å²) in [6.45, 7) is 0. The molecule has 0 aromatic carbocycles. The van der Waals surface area contributed by atoms with Crippen molar-refractivity contribution in [2.75, 3.05) is 0 Å². The zero-order valence-corrected chi connectivity index (χ0v) is 9.87. The quantitative estimate of drug-likeness (QED) is 0.289. The monoisotopic (exact) mass is 455 g/mol. The van der Waals surface area contributed by atoms with Gasteiger partial charge in [0.05, 0.1) is 0 Å². The van der Waals surface area contributed by atoms with E-state index < -0.39 is 0 Å². The van der Waals surface area contributed by atoms with Crippen molar-refractivity contribution in [2.45, 2.75) is 0 Å². The molecule has 0 aromatic heterocycles. The summed E-state index contributed by atoms with van der Waals surface area (Å²) in [4.78, 5) is 0. The van der Waals surface area contributed by atoms with Gasteiger partial charge in [0.2, 0.25) is 0 Å². The summed E-state index contributed by atoms with van der Waals surface area (Å²) in [7, 11) is 0. The Hall–Kier alpha value is 2.76. The Morgan fingerprint density at radius 3 is 0.800 bits per heavy atom. The Kier molecular flexibility index (Phi) is 147. The second kappa shape index (κ2) is 29.4. The van der Waals surface area contributed by atoms with Gasteiger partial charge in [0.1, 0.15) is 0 Å². The molecule has 0 aliphatic carbocycles. The van der Waals surface area contributed by atoms with E-state index >= 15 is 0 Å². The summed E-state index contributed by atoms with van der Waals surface area (Å²) in [6.07, 6.45) is 0. The van der Waals surface area contributed by atoms with Gasteiger partial charge >= 0.3 is 0 Å². The molecule has 0 unspecified atom stereocenters. The maximum atomic E-state index is 3.67. The standard InChI is InChI=1S/2Mo.Pt.S2/c;;;1-2/q;;;-2. The first kappa shape index (κ1) is 25.1. The molecule has 0 aliphatic rings. The molecular weight excluding hydrogens is 451 g/mol. The molecule has 0 bridgehead atoms. The summed E-state index contributed by atoms with van der Waals surface area (Å²) in [5.41, 5.74) is 0.